The molecule has 0 aromatic carbocycles. The van der Waals surface area contributed by atoms with Gasteiger partial charge in [-0.05, 0) is 38.6 Å². The van der Waals surface area contributed by atoms with Crippen molar-refractivity contribution >= 4 is 0 Å². The standard InChI is InChI=1S/C18H36N2/c1-3-4-5-6-7-8-9-10-13-20-15-18(17-11-12-17)19-14-16(20)2/h16-19H,3-15H2,1-2H3. The van der Waals surface area contributed by atoms with Gasteiger partial charge in [0.05, 0.1) is 0 Å². The lowest BCUT2D eigenvalue weighted by atomic mass is 10.0. The first-order valence-electron chi connectivity index (χ1n) is 9.28. The van der Waals surface area contributed by atoms with Crippen LogP contribution in [-0.2, 0) is 0 Å². The number of rotatable bonds is 10. The van der Waals surface area contributed by atoms with Crippen molar-refractivity contribution in [3.8, 4) is 0 Å². The van der Waals surface area contributed by atoms with E-state index in [-0.39, 0.29) is 0 Å². The van der Waals surface area contributed by atoms with Crippen molar-refractivity contribution in [2.24, 2.45) is 5.92 Å². The molecule has 1 aliphatic carbocycles. The molecule has 0 radical (unpaired) electrons. The van der Waals surface area contributed by atoms with Crippen molar-refractivity contribution < 1.29 is 0 Å². The molecule has 1 heterocycles. The SMILES string of the molecule is CCCCCCCCCCN1CC(C2CC2)NCC1C. The Hall–Kier alpha value is -0.0800. The van der Waals surface area contributed by atoms with E-state index >= 15 is 0 Å². The van der Waals surface area contributed by atoms with Gasteiger partial charge >= 0.3 is 0 Å². The average molecular weight is 280 g/mol. The summed E-state index contributed by atoms with van der Waals surface area (Å²) < 4.78 is 0. The molecule has 20 heavy (non-hydrogen) atoms. The first-order chi connectivity index (χ1) is 9.81. The predicted octanol–water partition coefficient (Wildman–Crippen LogP) is 4.20. The van der Waals surface area contributed by atoms with E-state index in [2.05, 4.69) is 24.1 Å². The molecule has 0 spiro atoms. The molecule has 118 valence electrons. The Morgan fingerprint density at radius 3 is 2.25 bits per heavy atom. The first kappa shape index (κ1) is 16.3. The maximum absolute atomic E-state index is 3.75. The predicted molar refractivity (Wildman–Crippen MR) is 88.2 cm³/mol. The molecule has 2 heteroatoms. The van der Waals surface area contributed by atoms with Gasteiger partial charge in [-0.2, -0.15) is 0 Å². The van der Waals surface area contributed by atoms with Crippen molar-refractivity contribution in [1.82, 2.24) is 10.2 Å². The minimum Gasteiger partial charge on any atom is -0.311 e. The summed E-state index contributed by atoms with van der Waals surface area (Å²) in [6.45, 7) is 8.53. The van der Waals surface area contributed by atoms with Crippen molar-refractivity contribution in [2.75, 3.05) is 19.6 Å². The molecule has 0 aromatic heterocycles. The van der Waals surface area contributed by atoms with Crippen molar-refractivity contribution in [1.29, 1.82) is 0 Å². The fraction of sp³-hybridized carbons (Fsp3) is 1.00. The number of nitrogens with one attached hydrogen (secondary N) is 1. The molecule has 1 saturated heterocycles. The van der Waals surface area contributed by atoms with Crippen LogP contribution in [0.1, 0.15) is 78.1 Å². The van der Waals surface area contributed by atoms with Gasteiger partial charge in [-0.25, -0.2) is 0 Å². The highest BCUT2D eigenvalue weighted by atomic mass is 15.2. The van der Waals surface area contributed by atoms with E-state index in [0.717, 1.165) is 18.0 Å². The molecule has 2 aliphatic rings. The van der Waals surface area contributed by atoms with E-state index < -0.39 is 0 Å². The van der Waals surface area contributed by atoms with Gasteiger partial charge in [0.1, 0.15) is 0 Å². The Morgan fingerprint density at radius 2 is 1.60 bits per heavy atom. The second kappa shape index (κ2) is 9.04. The normalized spacial score (nSPS) is 27.9. The van der Waals surface area contributed by atoms with E-state index in [4.69, 9.17) is 0 Å². The van der Waals surface area contributed by atoms with Crippen molar-refractivity contribution in [3.63, 3.8) is 0 Å². The Balaban J connectivity index is 1.49. The lowest BCUT2D eigenvalue weighted by Gasteiger charge is -2.39. The van der Waals surface area contributed by atoms with Gasteiger partial charge in [0.2, 0.25) is 0 Å². The molecule has 1 N–H and O–H groups in total. The van der Waals surface area contributed by atoms with Crippen LogP contribution in [-0.4, -0.2) is 36.6 Å². The Morgan fingerprint density at radius 1 is 0.950 bits per heavy atom. The lowest BCUT2D eigenvalue weighted by Crippen LogP contribution is -2.56. The highest BCUT2D eigenvalue weighted by Gasteiger charge is 2.35. The van der Waals surface area contributed by atoms with Gasteiger partial charge in [0.15, 0.2) is 0 Å². The number of unbranched alkanes of at least 4 members (excludes halogenated alkanes) is 7. The zero-order valence-electron chi connectivity index (χ0n) is 13.9. The van der Waals surface area contributed by atoms with Crippen molar-refractivity contribution in [2.45, 2.75) is 90.1 Å². The van der Waals surface area contributed by atoms with Gasteiger partial charge < -0.3 is 5.32 Å². The molecule has 2 rings (SSSR count). The largest absolute Gasteiger partial charge is 0.311 e. The summed E-state index contributed by atoms with van der Waals surface area (Å²) in [4.78, 5) is 2.75. The van der Waals surface area contributed by atoms with Gasteiger partial charge in [-0.1, -0.05) is 51.9 Å². The maximum Gasteiger partial charge on any atom is 0.0224 e. The van der Waals surface area contributed by atoms with Crippen LogP contribution in [0.4, 0.5) is 0 Å². The Bertz CT molecular complexity index is 250. The monoisotopic (exact) mass is 280 g/mol. The van der Waals surface area contributed by atoms with Crippen LogP contribution in [0.2, 0.25) is 0 Å². The van der Waals surface area contributed by atoms with E-state index in [0.29, 0.717) is 0 Å². The van der Waals surface area contributed by atoms with Crippen LogP contribution in [0.15, 0.2) is 0 Å². The topological polar surface area (TPSA) is 15.3 Å². The van der Waals surface area contributed by atoms with Gasteiger partial charge in [0, 0.05) is 25.2 Å². The summed E-state index contributed by atoms with van der Waals surface area (Å²) in [5, 5.41) is 3.75. The smallest absolute Gasteiger partial charge is 0.0224 e. The zero-order valence-corrected chi connectivity index (χ0v) is 13.9. The number of hydrogen-bond donors (Lipinski definition) is 1. The van der Waals surface area contributed by atoms with Gasteiger partial charge in [0.25, 0.3) is 0 Å². The summed E-state index contributed by atoms with van der Waals surface area (Å²) in [6, 6.07) is 1.55. The fourth-order valence-corrected chi connectivity index (χ4v) is 3.52. The third kappa shape index (κ3) is 5.73. The van der Waals surface area contributed by atoms with Crippen LogP contribution in [0.5, 0.6) is 0 Å². The number of nitrogens with zero attached hydrogens (tertiary/aromatic N) is 1. The summed E-state index contributed by atoms with van der Waals surface area (Å²) in [5.74, 6) is 1.00. The second-order valence-electron chi connectivity index (χ2n) is 7.17. The minimum absolute atomic E-state index is 0.745. The number of hydrogen-bond acceptors (Lipinski definition) is 2. The van der Waals surface area contributed by atoms with E-state index in [1.165, 1.54) is 83.8 Å². The fourth-order valence-electron chi connectivity index (χ4n) is 3.52. The van der Waals surface area contributed by atoms with E-state index in [1.807, 2.05) is 0 Å². The van der Waals surface area contributed by atoms with Crippen LogP contribution in [0.25, 0.3) is 0 Å². The van der Waals surface area contributed by atoms with Crippen LogP contribution < -0.4 is 5.32 Å². The Labute approximate surface area is 126 Å². The third-order valence-corrected chi connectivity index (χ3v) is 5.22. The highest BCUT2D eigenvalue weighted by molar-refractivity contribution is 4.93. The molecule has 1 aliphatic heterocycles. The first-order valence-corrected chi connectivity index (χ1v) is 9.28. The van der Waals surface area contributed by atoms with Crippen LogP contribution >= 0.6 is 0 Å². The molecule has 2 atom stereocenters. The average Bonchev–Trinajstić information content (AvgIpc) is 3.28. The minimum atomic E-state index is 0.745. The third-order valence-electron chi connectivity index (χ3n) is 5.22. The second-order valence-corrected chi connectivity index (χ2v) is 7.17. The van der Waals surface area contributed by atoms with Crippen LogP contribution in [0, 0.1) is 5.92 Å². The summed E-state index contributed by atoms with van der Waals surface area (Å²) >= 11 is 0. The van der Waals surface area contributed by atoms with Crippen molar-refractivity contribution in [3.05, 3.63) is 0 Å². The zero-order chi connectivity index (χ0) is 14.2. The Kier molecular flexibility index (Phi) is 7.37. The number of piperazine rings is 1. The van der Waals surface area contributed by atoms with Gasteiger partial charge in [-0.15, -0.1) is 0 Å². The summed E-state index contributed by atoms with van der Waals surface area (Å²) in [5.41, 5.74) is 0. The summed E-state index contributed by atoms with van der Waals surface area (Å²) in [6.07, 6.45) is 14.4. The summed E-state index contributed by atoms with van der Waals surface area (Å²) in [7, 11) is 0. The quantitative estimate of drug-likeness (QED) is 0.603. The molecule has 2 fully saturated rings. The van der Waals surface area contributed by atoms with E-state index in [9.17, 15) is 0 Å². The van der Waals surface area contributed by atoms with Gasteiger partial charge in [-0.3, -0.25) is 4.90 Å². The molecule has 1 saturated carbocycles. The lowest BCUT2D eigenvalue weighted by molar-refractivity contribution is 0.130. The molecule has 0 bridgehead atoms. The van der Waals surface area contributed by atoms with E-state index in [1.54, 1.807) is 0 Å². The van der Waals surface area contributed by atoms with Crippen LogP contribution in [0.3, 0.4) is 0 Å². The molecular formula is C18H36N2. The highest BCUT2D eigenvalue weighted by Crippen LogP contribution is 2.34. The maximum atomic E-state index is 3.75. The molecule has 2 nitrogen and oxygen atoms in total. The molecular weight excluding hydrogens is 244 g/mol. The molecule has 2 unspecified atom stereocenters. The molecule has 0 aromatic rings. The molecule has 0 amide bonds.